The Bertz CT molecular complexity index is 504. The number of aryl methyl sites for hydroxylation is 1. The Morgan fingerprint density at radius 1 is 1.57 bits per heavy atom. The monoisotopic (exact) mass is 206 g/mol. The summed E-state index contributed by atoms with van der Waals surface area (Å²) in [6.45, 7) is 1.84. The minimum absolute atomic E-state index is 0.295. The molecule has 0 fully saturated rings. The Balaban J connectivity index is 2.53. The summed E-state index contributed by atoms with van der Waals surface area (Å²) >= 11 is 1.37. The summed E-state index contributed by atoms with van der Waals surface area (Å²) < 4.78 is 1.41. The van der Waals surface area contributed by atoms with Crippen LogP contribution in [0.3, 0.4) is 0 Å². The average Bonchev–Trinajstić information content (AvgIpc) is 2.72. The van der Waals surface area contributed by atoms with E-state index in [1.165, 1.54) is 22.2 Å². The van der Waals surface area contributed by atoms with Crippen molar-refractivity contribution >= 4 is 17.2 Å². The molecule has 0 aliphatic rings. The van der Waals surface area contributed by atoms with Crippen LogP contribution in [0.4, 0.5) is 5.82 Å². The van der Waals surface area contributed by atoms with Crippen molar-refractivity contribution in [3.05, 3.63) is 16.8 Å². The van der Waals surface area contributed by atoms with Crippen LogP contribution in [0.15, 0.2) is 6.20 Å². The first-order valence-corrected chi connectivity index (χ1v) is 4.58. The molecule has 0 aliphatic carbocycles. The Labute approximate surface area is 83.6 Å². The summed E-state index contributed by atoms with van der Waals surface area (Å²) in [5, 5.41) is 21.7. The molecule has 70 valence electrons. The third-order valence-corrected chi connectivity index (χ3v) is 2.44. The fourth-order valence-electron chi connectivity index (χ4n) is 0.968. The molecule has 6 nitrogen and oxygen atoms in total. The van der Waals surface area contributed by atoms with Gasteiger partial charge in [-0.3, -0.25) is 0 Å². The molecule has 7 heteroatoms. The fraction of sp³-hybridized carbons (Fsp3) is 0.143. The van der Waals surface area contributed by atoms with Crippen molar-refractivity contribution in [3.8, 4) is 11.2 Å². The van der Waals surface area contributed by atoms with Gasteiger partial charge in [-0.2, -0.15) is 15.0 Å². The van der Waals surface area contributed by atoms with Crippen molar-refractivity contribution in [2.75, 3.05) is 5.73 Å². The number of nitrogens with zero attached hydrogens (tertiary/aromatic N) is 5. The van der Waals surface area contributed by atoms with E-state index in [1.807, 2.05) is 13.0 Å². The molecule has 0 aliphatic heterocycles. The van der Waals surface area contributed by atoms with Crippen LogP contribution in [-0.4, -0.2) is 20.0 Å². The lowest BCUT2D eigenvalue weighted by Crippen LogP contribution is -2.01. The first-order valence-electron chi connectivity index (χ1n) is 3.76. The van der Waals surface area contributed by atoms with E-state index in [0.29, 0.717) is 16.5 Å². The van der Waals surface area contributed by atoms with Crippen molar-refractivity contribution in [2.24, 2.45) is 0 Å². The minimum Gasteiger partial charge on any atom is -0.382 e. The number of nitrogens with two attached hydrogens (primary N) is 1. The number of hydrogen-bond donors (Lipinski definition) is 1. The number of anilines is 1. The van der Waals surface area contributed by atoms with Gasteiger partial charge in [0.1, 0.15) is 22.5 Å². The number of rotatable bonds is 1. The molecule has 0 bridgehead atoms. The Hall–Kier alpha value is -1.94. The molecule has 14 heavy (non-hydrogen) atoms. The third-order valence-electron chi connectivity index (χ3n) is 1.62. The molecule has 2 rings (SSSR count). The van der Waals surface area contributed by atoms with Crippen LogP contribution >= 0.6 is 11.3 Å². The minimum atomic E-state index is 0.295. The van der Waals surface area contributed by atoms with Gasteiger partial charge < -0.3 is 5.73 Å². The maximum Gasteiger partial charge on any atom is 0.234 e. The van der Waals surface area contributed by atoms with Crippen LogP contribution in [0.5, 0.6) is 0 Å². The summed E-state index contributed by atoms with van der Waals surface area (Å²) in [4.78, 5) is 0. The second-order valence-electron chi connectivity index (χ2n) is 2.57. The molecule has 0 spiro atoms. The highest BCUT2D eigenvalue weighted by atomic mass is 32.1. The van der Waals surface area contributed by atoms with Crippen LogP contribution in [-0.2, 0) is 0 Å². The SMILES string of the molecule is Cc1nnc(-n2ncc(C#N)c2N)s1. The van der Waals surface area contributed by atoms with Crippen molar-refractivity contribution < 1.29 is 0 Å². The van der Waals surface area contributed by atoms with E-state index >= 15 is 0 Å². The van der Waals surface area contributed by atoms with E-state index in [9.17, 15) is 0 Å². The van der Waals surface area contributed by atoms with Crippen molar-refractivity contribution in [1.29, 1.82) is 5.26 Å². The van der Waals surface area contributed by atoms with Gasteiger partial charge in [-0.15, -0.1) is 10.2 Å². The van der Waals surface area contributed by atoms with Crippen molar-refractivity contribution in [1.82, 2.24) is 20.0 Å². The van der Waals surface area contributed by atoms with Gasteiger partial charge in [0, 0.05) is 0 Å². The second kappa shape index (κ2) is 3.08. The summed E-state index contributed by atoms with van der Waals surface area (Å²) in [5.74, 6) is 0.295. The lowest BCUT2D eigenvalue weighted by Gasteiger charge is -1.95. The molecule has 0 aromatic carbocycles. The molecule has 2 aromatic heterocycles. The molecule has 0 atom stereocenters. The molecule has 2 N–H and O–H groups in total. The molecule has 2 aromatic rings. The van der Waals surface area contributed by atoms with Crippen molar-refractivity contribution in [3.63, 3.8) is 0 Å². The van der Waals surface area contributed by atoms with Crippen LogP contribution in [0, 0.1) is 18.3 Å². The van der Waals surface area contributed by atoms with E-state index in [2.05, 4.69) is 15.3 Å². The summed E-state index contributed by atoms with van der Waals surface area (Å²) in [5.41, 5.74) is 6.02. The first kappa shape index (κ1) is 8.65. The highest BCUT2D eigenvalue weighted by Crippen LogP contribution is 2.18. The van der Waals surface area contributed by atoms with Gasteiger partial charge in [-0.25, -0.2) is 0 Å². The molecule has 0 saturated carbocycles. The molecule has 2 heterocycles. The number of nitrogen functional groups attached to an aromatic ring is 1. The molecule has 0 unspecified atom stereocenters. The predicted molar refractivity (Wildman–Crippen MR) is 50.9 cm³/mol. The van der Waals surface area contributed by atoms with Gasteiger partial charge in [-0.1, -0.05) is 11.3 Å². The summed E-state index contributed by atoms with van der Waals surface area (Å²) in [6.07, 6.45) is 1.41. The summed E-state index contributed by atoms with van der Waals surface area (Å²) in [6, 6.07) is 1.94. The zero-order chi connectivity index (χ0) is 10.1. The smallest absolute Gasteiger partial charge is 0.234 e. The lowest BCUT2D eigenvalue weighted by molar-refractivity contribution is 0.852. The Morgan fingerprint density at radius 3 is 2.86 bits per heavy atom. The van der Waals surface area contributed by atoms with Crippen LogP contribution in [0.2, 0.25) is 0 Å². The quantitative estimate of drug-likeness (QED) is 0.732. The van der Waals surface area contributed by atoms with Crippen molar-refractivity contribution in [2.45, 2.75) is 6.92 Å². The number of aromatic nitrogens is 4. The largest absolute Gasteiger partial charge is 0.382 e. The maximum atomic E-state index is 8.67. The maximum absolute atomic E-state index is 8.67. The highest BCUT2D eigenvalue weighted by Gasteiger charge is 2.11. The van der Waals surface area contributed by atoms with Crippen LogP contribution in [0.1, 0.15) is 10.6 Å². The Morgan fingerprint density at radius 2 is 2.36 bits per heavy atom. The van der Waals surface area contributed by atoms with Gasteiger partial charge in [0.05, 0.1) is 6.20 Å². The van der Waals surface area contributed by atoms with Gasteiger partial charge in [-0.05, 0) is 6.92 Å². The van der Waals surface area contributed by atoms with Crippen LogP contribution in [0.25, 0.3) is 5.13 Å². The van der Waals surface area contributed by atoms with Crippen LogP contribution < -0.4 is 5.73 Å². The fourth-order valence-corrected chi connectivity index (χ4v) is 1.63. The zero-order valence-electron chi connectivity index (χ0n) is 7.30. The molecule has 0 saturated heterocycles. The predicted octanol–water partition coefficient (Wildman–Crippen LogP) is 0.486. The van der Waals surface area contributed by atoms with E-state index in [-0.39, 0.29) is 0 Å². The van der Waals surface area contributed by atoms with E-state index < -0.39 is 0 Å². The van der Waals surface area contributed by atoms with Gasteiger partial charge >= 0.3 is 0 Å². The molecule has 0 amide bonds. The first-order chi connectivity index (χ1) is 6.72. The third kappa shape index (κ3) is 1.22. The van der Waals surface area contributed by atoms with E-state index in [0.717, 1.165) is 5.01 Å². The second-order valence-corrected chi connectivity index (χ2v) is 3.73. The average molecular weight is 206 g/mol. The topological polar surface area (TPSA) is 93.4 Å². The van der Waals surface area contributed by atoms with Gasteiger partial charge in [0.25, 0.3) is 0 Å². The molecule has 0 radical (unpaired) electrons. The highest BCUT2D eigenvalue weighted by molar-refractivity contribution is 7.13. The summed E-state index contributed by atoms with van der Waals surface area (Å²) in [7, 11) is 0. The van der Waals surface area contributed by atoms with E-state index in [4.69, 9.17) is 11.0 Å². The normalized spacial score (nSPS) is 10.0. The lowest BCUT2D eigenvalue weighted by atomic mass is 10.4. The van der Waals surface area contributed by atoms with Gasteiger partial charge in [0.15, 0.2) is 0 Å². The van der Waals surface area contributed by atoms with Gasteiger partial charge in [0.2, 0.25) is 5.13 Å². The standard InChI is InChI=1S/C7H6N6S/c1-4-11-12-7(14-4)13-6(9)5(2-8)3-10-13/h3H,9H2,1H3. The Kier molecular flexibility index (Phi) is 1.90. The van der Waals surface area contributed by atoms with E-state index in [1.54, 1.807) is 0 Å². The number of nitriles is 1. The number of hydrogen-bond acceptors (Lipinski definition) is 6. The molecular weight excluding hydrogens is 200 g/mol. The molecular formula is C7H6N6S. The zero-order valence-corrected chi connectivity index (χ0v) is 8.12.